The monoisotopic (exact) mass is 389 g/mol. The maximum absolute atomic E-state index is 13.1. The third kappa shape index (κ3) is 3.53. The topological polar surface area (TPSA) is 55.2 Å². The summed E-state index contributed by atoms with van der Waals surface area (Å²) in [6.45, 7) is 3.77. The van der Waals surface area contributed by atoms with Gasteiger partial charge in [0.2, 0.25) is 10.0 Å². The Morgan fingerprint density at radius 3 is 2.27 bits per heavy atom. The molecule has 3 aromatic rings. The summed E-state index contributed by atoms with van der Waals surface area (Å²) in [6, 6.07) is 16.6. The normalized spacial score (nSPS) is 11.9. The van der Waals surface area contributed by atoms with Crippen LogP contribution in [0.3, 0.4) is 0 Å². The molecule has 0 aliphatic rings. The Morgan fingerprint density at radius 2 is 1.65 bits per heavy atom. The molecule has 0 N–H and O–H groups in total. The number of hydrogen-bond donors (Lipinski definition) is 0. The molecule has 0 aliphatic carbocycles. The van der Waals surface area contributed by atoms with Crippen molar-refractivity contribution in [3.05, 3.63) is 76.6 Å². The summed E-state index contributed by atoms with van der Waals surface area (Å²) in [5.74, 6) is 0. The van der Waals surface area contributed by atoms with E-state index in [1.54, 1.807) is 37.7 Å². The molecule has 0 radical (unpaired) electrons. The zero-order valence-corrected chi connectivity index (χ0v) is 16.4. The van der Waals surface area contributed by atoms with Crippen LogP contribution in [0.2, 0.25) is 5.02 Å². The van der Waals surface area contributed by atoms with E-state index in [2.05, 4.69) is 5.10 Å². The summed E-state index contributed by atoms with van der Waals surface area (Å²) >= 11 is 5.93. The fourth-order valence-electron chi connectivity index (χ4n) is 2.92. The van der Waals surface area contributed by atoms with Gasteiger partial charge in [0.25, 0.3) is 0 Å². The Balaban J connectivity index is 1.99. The van der Waals surface area contributed by atoms with Crippen LogP contribution >= 0.6 is 11.6 Å². The van der Waals surface area contributed by atoms with E-state index in [4.69, 9.17) is 11.6 Å². The van der Waals surface area contributed by atoms with E-state index in [-0.39, 0.29) is 4.90 Å². The Labute approximate surface area is 158 Å². The SMILES string of the molecule is Cc1nn(-c2ccc(Cl)cc2)c(C)c1S(=O)(=O)N(C)Cc1ccccc1. The number of halogens is 1. The lowest BCUT2D eigenvalue weighted by molar-refractivity contribution is 0.466. The highest BCUT2D eigenvalue weighted by molar-refractivity contribution is 7.89. The van der Waals surface area contributed by atoms with Gasteiger partial charge in [-0.1, -0.05) is 41.9 Å². The molecule has 0 bridgehead atoms. The molecule has 0 fully saturated rings. The average Bonchev–Trinajstić information content (AvgIpc) is 2.91. The molecule has 26 heavy (non-hydrogen) atoms. The van der Waals surface area contributed by atoms with Crippen molar-refractivity contribution in [1.82, 2.24) is 14.1 Å². The van der Waals surface area contributed by atoms with Crippen molar-refractivity contribution in [2.24, 2.45) is 0 Å². The Hall–Kier alpha value is -2.15. The summed E-state index contributed by atoms with van der Waals surface area (Å²) in [5, 5.41) is 5.05. The van der Waals surface area contributed by atoms with E-state index in [1.807, 2.05) is 42.5 Å². The second-order valence-corrected chi connectivity index (χ2v) is 8.55. The largest absolute Gasteiger partial charge is 0.246 e. The summed E-state index contributed by atoms with van der Waals surface area (Å²) < 4.78 is 29.2. The van der Waals surface area contributed by atoms with Crippen molar-refractivity contribution in [3.63, 3.8) is 0 Å². The first-order valence-electron chi connectivity index (χ1n) is 8.13. The maximum Gasteiger partial charge on any atom is 0.246 e. The van der Waals surface area contributed by atoms with Crippen LogP contribution < -0.4 is 0 Å². The van der Waals surface area contributed by atoms with Crippen LogP contribution in [0.4, 0.5) is 0 Å². The second kappa shape index (κ2) is 7.23. The predicted octanol–water partition coefficient (Wildman–Crippen LogP) is 3.96. The number of benzene rings is 2. The number of sulfonamides is 1. The Morgan fingerprint density at radius 1 is 1.04 bits per heavy atom. The second-order valence-electron chi connectivity index (χ2n) is 6.13. The van der Waals surface area contributed by atoms with Gasteiger partial charge < -0.3 is 0 Å². The van der Waals surface area contributed by atoms with Crippen LogP contribution in [0, 0.1) is 13.8 Å². The van der Waals surface area contributed by atoms with Gasteiger partial charge in [-0.3, -0.25) is 0 Å². The molecule has 1 aromatic heterocycles. The van der Waals surface area contributed by atoms with Crippen LogP contribution in [-0.2, 0) is 16.6 Å². The van der Waals surface area contributed by atoms with E-state index in [0.29, 0.717) is 23.0 Å². The van der Waals surface area contributed by atoms with Gasteiger partial charge in [0.05, 0.1) is 17.1 Å². The third-order valence-electron chi connectivity index (χ3n) is 4.21. The van der Waals surface area contributed by atoms with E-state index >= 15 is 0 Å². The molecule has 0 aliphatic heterocycles. The molecule has 0 saturated heterocycles. The first kappa shape index (κ1) is 18.6. The van der Waals surface area contributed by atoms with Gasteiger partial charge in [0.1, 0.15) is 4.90 Å². The van der Waals surface area contributed by atoms with E-state index in [0.717, 1.165) is 11.3 Å². The summed E-state index contributed by atoms with van der Waals surface area (Å²) in [4.78, 5) is 0.242. The number of aryl methyl sites for hydroxylation is 1. The van der Waals surface area contributed by atoms with Gasteiger partial charge >= 0.3 is 0 Å². The number of nitrogens with zero attached hydrogens (tertiary/aromatic N) is 3. The number of aromatic nitrogens is 2. The van der Waals surface area contributed by atoms with Gasteiger partial charge in [-0.25, -0.2) is 13.1 Å². The zero-order valence-electron chi connectivity index (χ0n) is 14.8. The van der Waals surface area contributed by atoms with Crippen molar-refractivity contribution in [2.75, 3.05) is 7.05 Å². The highest BCUT2D eigenvalue weighted by Gasteiger charge is 2.29. The summed E-state index contributed by atoms with van der Waals surface area (Å²) in [5.41, 5.74) is 2.74. The first-order valence-corrected chi connectivity index (χ1v) is 9.95. The molecular formula is C19H20ClN3O2S. The smallest absolute Gasteiger partial charge is 0.236 e. The van der Waals surface area contributed by atoms with E-state index in [1.165, 1.54) is 4.31 Å². The van der Waals surface area contributed by atoms with Gasteiger partial charge in [-0.2, -0.15) is 9.40 Å². The molecule has 0 saturated carbocycles. The number of rotatable bonds is 5. The molecule has 2 aromatic carbocycles. The molecule has 0 unspecified atom stereocenters. The minimum atomic E-state index is -3.67. The van der Waals surface area contributed by atoms with Gasteiger partial charge in [0, 0.05) is 18.6 Å². The highest BCUT2D eigenvalue weighted by Crippen LogP contribution is 2.26. The van der Waals surface area contributed by atoms with Crippen LogP contribution in [-0.4, -0.2) is 29.6 Å². The molecule has 136 valence electrons. The number of hydrogen-bond acceptors (Lipinski definition) is 3. The molecule has 1 heterocycles. The summed E-state index contributed by atoms with van der Waals surface area (Å²) in [6.07, 6.45) is 0. The molecule has 0 spiro atoms. The molecule has 0 amide bonds. The maximum atomic E-state index is 13.1. The molecule has 7 heteroatoms. The standard InChI is InChI=1S/C19H20ClN3O2S/c1-14-19(15(2)23(21-14)18-11-9-17(20)10-12-18)26(24,25)22(3)13-16-7-5-4-6-8-16/h4-12H,13H2,1-3H3. The van der Waals surface area contributed by atoms with Crippen molar-refractivity contribution in [1.29, 1.82) is 0 Å². The van der Waals surface area contributed by atoms with Gasteiger partial charge in [-0.15, -0.1) is 0 Å². The Kier molecular flexibility index (Phi) is 5.18. The third-order valence-corrected chi connectivity index (χ3v) is 6.52. The van der Waals surface area contributed by atoms with Crippen LogP contribution in [0.1, 0.15) is 17.0 Å². The predicted molar refractivity (Wildman–Crippen MR) is 103 cm³/mol. The fourth-order valence-corrected chi connectivity index (χ4v) is 4.55. The lowest BCUT2D eigenvalue weighted by Gasteiger charge is -2.17. The average molecular weight is 390 g/mol. The molecule has 5 nitrogen and oxygen atoms in total. The Bertz CT molecular complexity index is 1010. The summed E-state index contributed by atoms with van der Waals surface area (Å²) in [7, 11) is -2.09. The highest BCUT2D eigenvalue weighted by atomic mass is 35.5. The molecular weight excluding hydrogens is 370 g/mol. The minimum Gasteiger partial charge on any atom is -0.236 e. The lowest BCUT2D eigenvalue weighted by atomic mass is 10.2. The first-order chi connectivity index (χ1) is 12.3. The van der Waals surface area contributed by atoms with Gasteiger partial charge in [-0.05, 0) is 43.7 Å². The van der Waals surface area contributed by atoms with Crippen molar-refractivity contribution < 1.29 is 8.42 Å². The molecule has 0 atom stereocenters. The molecule has 3 rings (SSSR count). The van der Waals surface area contributed by atoms with E-state index < -0.39 is 10.0 Å². The zero-order chi connectivity index (χ0) is 18.9. The van der Waals surface area contributed by atoms with Crippen molar-refractivity contribution in [3.8, 4) is 5.69 Å². The van der Waals surface area contributed by atoms with Crippen molar-refractivity contribution in [2.45, 2.75) is 25.3 Å². The van der Waals surface area contributed by atoms with Gasteiger partial charge in [0.15, 0.2) is 0 Å². The van der Waals surface area contributed by atoms with Crippen LogP contribution in [0.5, 0.6) is 0 Å². The van der Waals surface area contributed by atoms with Crippen LogP contribution in [0.25, 0.3) is 5.69 Å². The minimum absolute atomic E-state index is 0.242. The van der Waals surface area contributed by atoms with E-state index in [9.17, 15) is 8.42 Å². The van der Waals surface area contributed by atoms with Crippen molar-refractivity contribution >= 4 is 21.6 Å². The fraction of sp³-hybridized carbons (Fsp3) is 0.211. The lowest BCUT2D eigenvalue weighted by Crippen LogP contribution is -2.27. The quantitative estimate of drug-likeness (QED) is 0.663. The van der Waals surface area contributed by atoms with Crippen LogP contribution in [0.15, 0.2) is 59.5 Å².